The van der Waals surface area contributed by atoms with Crippen LogP contribution >= 0.6 is 11.6 Å². The van der Waals surface area contributed by atoms with Crippen LogP contribution in [0.2, 0.25) is 5.02 Å². The number of aryl methyl sites for hydroxylation is 2. The topological polar surface area (TPSA) is 29.1 Å². The highest BCUT2D eigenvalue weighted by Crippen LogP contribution is 2.19. The van der Waals surface area contributed by atoms with E-state index in [9.17, 15) is 4.79 Å². The first kappa shape index (κ1) is 16.3. The number of amides is 1. The third-order valence-corrected chi connectivity index (χ3v) is 3.81. The van der Waals surface area contributed by atoms with Gasteiger partial charge in [-0.05, 0) is 55.7 Å². The highest BCUT2D eigenvalue weighted by atomic mass is 35.5. The fourth-order valence-corrected chi connectivity index (χ4v) is 2.44. The monoisotopic (exact) mass is 313 g/mol. The number of halogens is 1. The van der Waals surface area contributed by atoms with Crippen LogP contribution in [0.25, 0.3) is 6.08 Å². The summed E-state index contributed by atoms with van der Waals surface area (Å²) in [5.74, 6) is -0.108. The first-order valence-electron chi connectivity index (χ1n) is 7.27. The minimum Gasteiger partial charge on any atom is -0.346 e. The summed E-state index contributed by atoms with van der Waals surface area (Å²) in [5, 5.41) is 3.68. The van der Waals surface area contributed by atoms with Gasteiger partial charge in [0.15, 0.2) is 0 Å². The van der Waals surface area contributed by atoms with Gasteiger partial charge in [0.25, 0.3) is 0 Å². The lowest BCUT2D eigenvalue weighted by Crippen LogP contribution is -2.25. The van der Waals surface area contributed by atoms with Crippen molar-refractivity contribution < 1.29 is 4.79 Å². The second-order valence-electron chi connectivity index (χ2n) is 5.48. The van der Waals surface area contributed by atoms with Crippen LogP contribution in [-0.4, -0.2) is 5.91 Å². The quantitative estimate of drug-likeness (QED) is 0.803. The van der Waals surface area contributed by atoms with E-state index in [-0.39, 0.29) is 11.9 Å². The van der Waals surface area contributed by atoms with E-state index in [0.717, 1.165) is 11.1 Å². The van der Waals surface area contributed by atoms with Crippen molar-refractivity contribution in [2.75, 3.05) is 0 Å². The average Bonchev–Trinajstić information content (AvgIpc) is 2.49. The lowest BCUT2D eigenvalue weighted by molar-refractivity contribution is -0.117. The molecule has 2 aromatic rings. The lowest BCUT2D eigenvalue weighted by atomic mass is 10.00. The summed E-state index contributed by atoms with van der Waals surface area (Å²) in [5.41, 5.74) is 4.46. The van der Waals surface area contributed by atoms with E-state index >= 15 is 0 Å². The van der Waals surface area contributed by atoms with E-state index in [1.165, 1.54) is 11.1 Å². The molecule has 2 aromatic carbocycles. The molecule has 2 nitrogen and oxygen atoms in total. The number of hydrogen-bond donors (Lipinski definition) is 1. The van der Waals surface area contributed by atoms with Gasteiger partial charge in [0.05, 0.1) is 6.04 Å². The zero-order valence-corrected chi connectivity index (χ0v) is 13.8. The van der Waals surface area contributed by atoms with Crippen molar-refractivity contribution in [3.8, 4) is 0 Å². The molecule has 1 N–H and O–H groups in total. The zero-order chi connectivity index (χ0) is 16.1. The predicted octanol–water partition coefficient (Wildman–Crippen LogP) is 4.85. The molecule has 114 valence electrons. The van der Waals surface area contributed by atoms with Crippen LogP contribution in [0.3, 0.4) is 0 Å². The molecule has 0 saturated heterocycles. The van der Waals surface area contributed by atoms with Gasteiger partial charge in [0, 0.05) is 11.1 Å². The summed E-state index contributed by atoms with van der Waals surface area (Å²) in [6, 6.07) is 13.6. The highest BCUT2D eigenvalue weighted by Gasteiger charge is 2.10. The molecule has 1 atom stereocenters. The Hall–Kier alpha value is -2.06. The van der Waals surface area contributed by atoms with E-state index in [1.807, 2.05) is 19.1 Å². The highest BCUT2D eigenvalue weighted by molar-refractivity contribution is 6.30. The molecule has 0 spiro atoms. The fourth-order valence-electron chi connectivity index (χ4n) is 2.31. The van der Waals surface area contributed by atoms with Gasteiger partial charge in [-0.15, -0.1) is 0 Å². The van der Waals surface area contributed by atoms with Crippen LogP contribution in [0.15, 0.2) is 48.5 Å². The van der Waals surface area contributed by atoms with E-state index in [1.54, 1.807) is 24.3 Å². The van der Waals surface area contributed by atoms with Gasteiger partial charge in [0.1, 0.15) is 0 Å². The number of carbonyl (C=O) groups excluding carboxylic acids is 1. The average molecular weight is 314 g/mol. The molecule has 0 radical (unpaired) electrons. The van der Waals surface area contributed by atoms with Gasteiger partial charge >= 0.3 is 0 Å². The maximum absolute atomic E-state index is 12.0. The van der Waals surface area contributed by atoms with Crippen LogP contribution in [0.5, 0.6) is 0 Å². The molecular formula is C19H20ClNO. The van der Waals surface area contributed by atoms with Gasteiger partial charge < -0.3 is 5.32 Å². The normalized spacial score (nSPS) is 12.4. The molecule has 3 heteroatoms. The van der Waals surface area contributed by atoms with Crippen molar-refractivity contribution in [2.24, 2.45) is 0 Å². The summed E-state index contributed by atoms with van der Waals surface area (Å²) in [6.45, 7) is 6.11. The molecule has 2 rings (SSSR count). The molecule has 0 bridgehead atoms. The molecule has 0 aromatic heterocycles. The van der Waals surface area contributed by atoms with E-state index in [4.69, 9.17) is 11.6 Å². The standard InChI is InChI=1S/C19H20ClNO/c1-13-4-5-14(2)18(12-13)15(3)21-19(22)11-8-16-6-9-17(20)10-7-16/h4-12,15H,1-3H3,(H,21,22)/b11-8+/t15-/m1/s1. The molecule has 22 heavy (non-hydrogen) atoms. The van der Waals surface area contributed by atoms with Crippen LogP contribution in [0.4, 0.5) is 0 Å². The Labute approximate surface area is 136 Å². The molecule has 0 aliphatic carbocycles. The van der Waals surface area contributed by atoms with E-state index < -0.39 is 0 Å². The maximum atomic E-state index is 12.0. The van der Waals surface area contributed by atoms with Crippen LogP contribution < -0.4 is 5.32 Å². The van der Waals surface area contributed by atoms with Crippen LogP contribution in [-0.2, 0) is 4.79 Å². The van der Waals surface area contributed by atoms with Crippen molar-refractivity contribution >= 4 is 23.6 Å². The second kappa shape index (κ2) is 7.28. The minimum absolute atomic E-state index is 0.0257. The molecule has 0 heterocycles. The van der Waals surface area contributed by atoms with E-state index in [0.29, 0.717) is 5.02 Å². The van der Waals surface area contributed by atoms with Crippen molar-refractivity contribution in [3.63, 3.8) is 0 Å². The van der Waals surface area contributed by atoms with E-state index in [2.05, 4.69) is 37.4 Å². The molecule has 1 amide bonds. The first-order chi connectivity index (χ1) is 10.5. The Bertz CT molecular complexity index is 689. The minimum atomic E-state index is -0.108. The summed E-state index contributed by atoms with van der Waals surface area (Å²) >= 11 is 5.84. The van der Waals surface area contributed by atoms with Gasteiger partial charge in [-0.3, -0.25) is 4.79 Å². The zero-order valence-electron chi connectivity index (χ0n) is 13.1. The van der Waals surface area contributed by atoms with Crippen molar-refractivity contribution in [1.82, 2.24) is 5.32 Å². The Kier molecular flexibility index (Phi) is 5.40. The van der Waals surface area contributed by atoms with Crippen LogP contribution in [0.1, 0.15) is 35.2 Å². The second-order valence-corrected chi connectivity index (χ2v) is 5.91. The number of benzene rings is 2. The van der Waals surface area contributed by atoms with Gasteiger partial charge in [-0.25, -0.2) is 0 Å². The summed E-state index contributed by atoms with van der Waals surface area (Å²) in [7, 11) is 0. The van der Waals surface area contributed by atoms with Gasteiger partial charge in [-0.2, -0.15) is 0 Å². The summed E-state index contributed by atoms with van der Waals surface area (Å²) in [6.07, 6.45) is 3.33. The Balaban J connectivity index is 2.02. The molecular weight excluding hydrogens is 294 g/mol. The molecule has 0 unspecified atom stereocenters. The van der Waals surface area contributed by atoms with Gasteiger partial charge in [-0.1, -0.05) is 47.5 Å². The molecule has 0 saturated carbocycles. The fraction of sp³-hybridized carbons (Fsp3) is 0.211. The lowest BCUT2D eigenvalue weighted by Gasteiger charge is -2.16. The van der Waals surface area contributed by atoms with Crippen molar-refractivity contribution in [3.05, 3.63) is 75.8 Å². The third kappa shape index (κ3) is 4.47. The number of hydrogen-bond acceptors (Lipinski definition) is 1. The molecule has 0 aliphatic heterocycles. The number of rotatable bonds is 4. The summed E-state index contributed by atoms with van der Waals surface area (Å²) < 4.78 is 0. The van der Waals surface area contributed by atoms with Crippen molar-refractivity contribution in [2.45, 2.75) is 26.8 Å². The Morgan fingerprint density at radius 3 is 2.50 bits per heavy atom. The number of nitrogens with one attached hydrogen (secondary N) is 1. The molecule has 0 aliphatic rings. The number of carbonyl (C=O) groups is 1. The SMILES string of the molecule is Cc1ccc(C)c([C@@H](C)NC(=O)/C=C/c2ccc(Cl)cc2)c1. The predicted molar refractivity (Wildman–Crippen MR) is 93.0 cm³/mol. The first-order valence-corrected chi connectivity index (χ1v) is 7.65. The Morgan fingerprint density at radius 1 is 1.14 bits per heavy atom. The Morgan fingerprint density at radius 2 is 1.82 bits per heavy atom. The smallest absolute Gasteiger partial charge is 0.244 e. The van der Waals surface area contributed by atoms with Crippen molar-refractivity contribution in [1.29, 1.82) is 0 Å². The molecule has 0 fully saturated rings. The van der Waals surface area contributed by atoms with Gasteiger partial charge in [0.2, 0.25) is 5.91 Å². The maximum Gasteiger partial charge on any atom is 0.244 e. The largest absolute Gasteiger partial charge is 0.346 e. The summed E-state index contributed by atoms with van der Waals surface area (Å²) in [4.78, 5) is 12.0. The van der Waals surface area contributed by atoms with Crippen LogP contribution in [0, 0.1) is 13.8 Å². The third-order valence-electron chi connectivity index (χ3n) is 3.56.